The van der Waals surface area contributed by atoms with Crippen molar-refractivity contribution < 1.29 is 4.92 Å². The van der Waals surface area contributed by atoms with Gasteiger partial charge in [-0.3, -0.25) is 10.1 Å². The Bertz CT molecular complexity index is 653. The third-order valence-corrected chi connectivity index (χ3v) is 4.11. The van der Waals surface area contributed by atoms with E-state index in [0.717, 1.165) is 12.1 Å². The molecule has 21 heavy (non-hydrogen) atoms. The van der Waals surface area contributed by atoms with Gasteiger partial charge in [-0.15, -0.1) is 0 Å². The van der Waals surface area contributed by atoms with Crippen LogP contribution in [0.15, 0.2) is 24.5 Å². The Balaban J connectivity index is 1.83. The lowest BCUT2D eigenvalue weighted by molar-refractivity contribution is -0.384. The van der Waals surface area contributed by atoms with E-state index in [0.29, 0.717) is 17.1 Å². The third-order valence-electron chi connectivity index (χ3n) is 4.11. The highest BCUT2D eigenvalue weighted by Gasteiger charge is 2.15. The van der Waals surface area contributed by atoms with Crippen LogP contribution in [0.2, 0.25) is 0 Å². The minimum absolute atomic E-state index is 0.0676. The van der Waals surface area contributed by atoms with Crippen LogP contribution in [0, 0.1) is 16.0 Å². The lowest BCUT2D eigenvalue weighted by Gasteiger charge is -2.22. The normalized spacial score (nSPS) is 16.0. The Morgan fingerprint density at radius 1 is 1.24 bits per heavy atom. The SMILES string of the molecule is O=[N+]([O-])c1ccc2ncnc(NCC3CCCCC3)c2c1. The van der Waals surface area contributed by atoms with E-state index >= 15 is 0 Å². The van der Waals surface area contributed by atoms with Crippen molar-refractivity contribution in [3.8, 4) is 0 Å². The number of non-ortho nitro benzene ring substituents is 1. The first-order chi connectivity index (χ1) is 10.2. The molecule has 1 heterocycles. The molecule has 0 amide bonds. The van der Waals surface area contributed by atoms with Crippen LogP contribution in [-0.4, -0.2) is 21.4 Å². The highest BCUT2D eigenvalue weighted by molar-refractivity contribution is 5.90. The van der Waals surface area contributed by atoms with Crippen molar-refractivity contribution in [1.82, 2.24) is 9.97 Å². The maximum Gasteiger partial charge on any atom is 0.270 e. The predicted molar refractivity (Wildman–Crippen MR) is 81.3 cm³/mol. The fourth-order valence-corrected chi connectivity index (χ4v) is 2.93. The number of nitro benzene ring substituents is 1. The second-order valence-electron chi connectivity index (χ2n) is 5.57. The number of fused-ring (bicyclic) bond motifs is 1. The lowest BCUT2D eigenvalue weighted by atomic mass is 9.89. The van der Waals surface area contributed by atoms with Gasteiger partial charge < -0.3 is 5.32 Å². The number of nitrogens with zero attached hydrogens (tertiary/aromatic N) is 3. The van der Waals surface area contributed by atoms with Crippen molar-refractivity contribution in [1.29, 1.82) is 0 Å². The molecule has 0 spiro atoms. The molecular formula is C15H18N4O2. The first-order valence-corrected chi connectivity index (χ1v) is 7.37. The van der Waals surface area contributed by atoms with Crippen molar-refractivity contribution in [2.75, 3.05) is 11.9 Å². The smallest absolute Gasteiger partial charge is 0.270 e. The van der Waals surface area contributed by atoms with Crippen molar-refractivity contribution in [3.05, 3.63) is 34.6 Å². The Morgan fingerprint density at radius 2 is 2.05 bits per heavy atom. The topological polar surface area (TPSA) is 81.0 Å². The summed E-state index contributed by atoms with van der Waals surface area (Å²) in [5.41, 5.74) is 0.791. The summed E-state index contributed by atoms with van der Waals surface area (Å²) >= 11 is 0. The summed E-state index contributed by atoms with van der Waals surface area (Å²) in [4.78, 5) is 18.9. The van der Waals surface area contributed by atoms with Gasteiger partial charge in [-0.2, -0.15) is 0 Å². The van der Waals surface area contributed by atoms with Crippen LogP contribution in [0.5, 0.6) is 0 Å². The summed E-state index contributed by atoms with van der Waals surface area (Å²) in [5.74, 6) is 1.36. The van der Waals surface area contributed by atoms with E-state index in [1.165, 1.54) is 44.5 Å². The first kappa shape index (κ1) is 13.7. The maximum absolute atomic E-state index is 10.9. The summed E-state index contributed by atoms with van der Waals surface area (Å²) in [6.45, 7) is 0.870. The zero-order chi connectivity index (χ0) is 14.7. The Morgan fingerprint density at radius 3 is 2.81 bits per heavy atom. The molecule has 6 nitrogen and oxygen atoms in total. The lowest BCUT2D eigenvalue weighted by Crippen LogP contribution is -2.17. The second kappa shape index (κ2) is 6.03. The Kier molecular flexibility index (Phi) is 3.94. The molecule has 6 heteroatoms. The summed E-state index contributed by atoms with van der Waals surface area (Å²) in [6.07, 6.45) is 7.91. The molecule has 0 saturated heterocycles. The molecule has 1 saturated carbocycles. The average Bonchev–Trinajstić information content (AvgIpc) is 2.53. The molecule has 2 aromatic rings. The van der Waals surface area contributed by atoms with E-state index in [1.54, 1.807) is 12.1 Å². The summed E-state index contributed by atoms with van der Waals surface area (Å²) < 4.78 is 0. The fraction of sp³-hybridized carbons (Fsp3) is 0.467. The van der Waals surface area contributed by atoms with Crippen molar-refractivity contribution in [2.45, 2.75) is 32.1 Å². The molecule has 1 aromatic heterocycles. The van der Waals surface area contributed by atoms with Gasteiger partial charge >= 0.3 is 0 Å². The molecule has 1 aliphatic carbocycles. The molecule has 0 radical (unpaired) electrons. The highest BCUT2D eigenvalue weighted by Crippen LogP contribution is 2.27. The van der Waals surface area contributed by atoms with Gasteiger partial charge in [-0.05, 0) is 24.8 Å². The Labute approximate surface area is 122 Å². The van der Waals surface area contributed by atoms with Crippen LogP contribution in [-0.2, 0) is 0 Å². The van der Waals surface area contributed by atoms with E-state index in [4.69, 9.17) is 0 Å². The molecule has 110 valence electrons. The van der Waals surface area contributed by atoms with Gasteiger partial charge in [0.1, 0.15) is 12.1 Å². The van der Waals surface area contributed by atoms with E-state index in [-0.39, 0.29) is 5.69 Å². The summed E-state index contributed by atoms with van der Waals surface area (Å²) in [6, 6.07) is 4.68. The molecule has 3 rings (SSSR count). The summed E-state index contributed by atoms with van der Waals surface area (Å²) in [5, 5.41) is 15.0. The number of anilines is 1. The number of rotatable bonds is 4. The third kappa shape index (κ3) is 3.09. The number of nitrogens with one attached hydrogen (secondary N) is 1. The van der Waals surface area contributed by atoms with Crippen LogP contribution in [0.3, 0.4) is 0 Å². The number of aromatic nitrogens is 2. The van der Waals surface area contributed by atoms with Crippen LogP contribution >= 0.6 is 0 Å². The van der Waals surface area contributed by atoms with Gasteiger partial charge in [0.15, 0.2) is 0 Å². The van der Waals surface area contributed by atoms with Gasteiger partial charge in [0, 0.05) is 24.1 Å². The molecule has 0 unspecified atom stereocenters. The molecule has 0 atom stereocenters. The average molecular weight is 286 g/mol. The van der Waals surface area contributed by atoms with Crippen LogP contribution < -0.4 is 5.32 Å². The summed E-state index contributed by atoms with van der Waals surface area (Å²) in [7, 11) is 0. The predicted octanol–water partition coefficient (Wildman–Crippen LogP) is 3.53. The van der Waals surface area contributed by atoms with Gasteiger partial charge in [0.05, 0.1) is 10.4 Å². The van der Waals surface area contributed by atoms with E-state index in [1.807, 2.05) is 0 Å². The zero-order valence-electron chi connectivity index (χ0n) is 11.8. The van der Waals surface area contributed by atoms with E-state index < -0.39 is 4.92 Å². The van der Waals surface area contributed by atoms with Gasteiger partial charge in [-0.1, -0.05) is 19.3 Å². The highest BCUT2D eigenvalue weighted by atomic mass is 16.6. The number of nitro groups is 1. The van der Waals surface area contributed by atoms with Gasteiger partial charge in [0.25, 0.3) is 5.69 Å². The van der Waals surface area contributed by atoms with Gasteiger partial charge in [-0.25, -0.2) is 9.97 Å². The Hall–Kier alpha value is -2.24. The quantitative estimate of drug-likeness (QED) is 0.687. The molecule has 1 fully saturated rings. The number of hydrogen-bond donors (Lipinski definition) is 1. The molecular weight excluding hydrogens is 268 g/mol. The first-order valence-electron chi connectivity index (χ1n) is 7.37. The van der Waals surface area contributed by atoms with Crippen LogP contribution in [0.4, 0.5) is 11.5 Å². The zero-order valence-corrected chi connectivity index (χ0v) is 11.8. The minimum Gasteiger partial charge on any atom is -0.369 e. The fourth-order valence-electron chi connectivity index (χ4n) is 2.93. The van der Waals surface area contributed by atoms with Gasteiger partial charge in [0.2, 0.25) is 0 Å². The number of benzene rings is 1. The van der Waals surface area contributed by atoms with Crippen LogP contribution in [0.25, 0.3) is 10.9 Å². The van der Waals surface area contributed by atoms with Crippen LogP contribution in [0.1, 0.15) is 32.1 Å². The monoisotopic (exact) mass is 286 g/mol. The minimum atomic E-state index is -0.392. The van der Waals surface area contributed by atoms with Crippen molar-refractivity contribution in [2.24, 2.45) is 5.92 Å². The van der Waals surface area contributed by atoms with E-state index in [2.05, 4.69) is 15.3 Å². The number of hydrogen-bond acceptors (Lipinski definition) is 5. The van der Waals surface area contributed by atoms with E-state index in [9.17, 15) is 10.1 Å². The maximum atomic E-state index is 10.9. The standard InChI is InChI=1S/C15H18N4O2/c20-19(21)12-6-7-14-13(8-12)15(18-10-17-14)16-9-11-4-2-1-3-5-11/h6-8,10-11H,1-5,9H2,(H,16,17,18). The van der Waals surface area contributed by atoms with Crippen molar-refractivity contribution >= 4 is 22.4 Å². The largest absolute Gasteiger partial charge is 0.369 e. The van der Waals surface area contributed by atoms with Crippen molar-refractivity contribution in [3.63, 3.8) is 0 Å². The molecule has 1 aliphatic rings. The molecule has 1 N–H and O–H groups in total. The molecule has 0 bridgehead atoms. The second-order valence-corrected chi connectivity index (χ2v) is 5.57. The molecule has 1 aromatic carbocycles. The molecule has 0 aliphatic heterocycles.